The molecule has 2 aromatic heterocycles. The molecule has 1 aliphatic heterocycles. The number of hydrogen-bond acceptors (Lipinski definition) is 5. The molecule has 134 valence electrons. The topological polar surface area (TPSA) is 86.4 Å². The number of hydrogen-bond donors (Lipinski definition) is 1. The fourth-order valence-corrected chi connectivity index (χ4v) is 3.13. The number of rotatable bonds is 6. The van der Waals surface area contributed by atoms with Gasteiger partial charge in [-0.25, -0.2) is 0 Å². The van der Waals surface area contributed by atoms with Gasteiger partial charge in [-0.1, -0.05) is 11.2 Å². The molecule has 1 aliphatic rings. The van der Waals surface area contributed by atoms with Gasteiger partial charge in [-0.2, -0.15) is 0 Å². The number of amides is 1. The van der Waals surface area contributed by atoms with Crippen LogP contribution in [0.4, 0.5) is 0 Å². The molecule has 0 spiro atoms. The number of carbonyl (C=O) groups excluding carboxylic acids is 1. The summed E-state index contributed by atoms with van der Waals surface area (Å²) >= 11 is 0. The van der Waals surface area contributed by atoms with Crippen molar-refractivity contribution in [3.8, 4) is 0 Å². The van der Waals surface area contributed by atoms with Gasteiger partial charge in [-0.15, -0.1) is 0 Å². The van der Waals surface area contributed by atoms with E-state index in [0.717, 1.165) is 17.1 Å². The van der Waals surface area contributed by atoms with Crippen LogP contribution >= 0.6 is 0 Å². The molecular formula is C18H23N3O4. The highest BCUT2D eigenvalue weighted by atomic mass is 16.5. The van der Waals surface area contributed by atoms with Gasteiger partial charge in [0.1, 0.15) is 5.76 Å². The first-order valence-electron chi connectivity index (χ1n) is 8.48. The maximum atomic E-state index is 12.3. The van der Waals surface area contributed by atoms with E-state index in [-0.39, 0.29) is 29.8 Å². The molecular weight excluding hydrogens is 322 g/mol. The van der Waals surface area contributed by atoms with E-state index in [1.807, 2.05) is 26.0 Å². The Morgan fingerprint density at radius 1 is 1.36 bits per heavy atom. The minimum Gasteiger partial charge on any atom is -0.379 e. The van der Waals surface area contributed by atoms with E-state index in [9.17, 15) is 9.59 Å². The fourth-order valence-electron chi connectivity index (χ4n) is 3.13. The molecule has 0 unspecified atom stereocenters. The van der Waals surface area contributed by atoms with Gasteiger partial charge in [0, 0.05) is 43.1 Å². The second-order valence-electron chi connectivity index (χ2n) is 6.52. The zero-order chi connectivity index (χ0) is 17.8. The number of aryl methyl sites for hydroxylation is 2. The number of pyridine rings is 1. The Hall–Kier alpha value is -2.41. The van der Waals surface area contributed by atoms with Crippen molar-refractivity contribution in [3.63, 3.8) is 0 Å². The van der Waals surface area contributed by atoms with Crippen molar-refractivity contribution in [2.75, 3.05) is 13.2 Å². The normalized spacial score (nSPS) is 19.9. The molecule has 3 rings (SSSR count). The van der Waals surface area contributed by atoms with Crippen LogP contribution in [0, 0.1) is 19.8 Å². The average Bonchev–Trinajstić information content (AvgIpc) is 3.16. The van der Waals surface area contributed by atoms with Gasteiger partial charge in [0.05, 0.1) is 24.9 Å². The van der Waals surface area contributed by atoms with Gasteiger partial charge in [0.15, 0.2) is 0 Å². The quantitative estimate of drug-likeness (QED) is 0.851. The van der Waals surface area contributed by atoms with Crippen molar-refractivity contribution < 1.29 is 14.1 Å². The van der Waals surface area contributed by atoms with Gasteiger partial charge >= 0.3 is 0 Å². The van der Waals surface area contributed by atoms with Crippen molar-refractivity contribution >= 4 is 5.91 Å². The van der Waals surface area contributed by atoms with Gasteiger partial charge < -0.3 is 19.1 Å². The van der Waals surface area contributed by atoms with Crippen LogP contribution < -0.4 is 10.9 Å². The summed E-state index contributed by atoms with van der Waals surface area (Å²) in [5, 5.41) is 6.91. The summed E-state index contributed by atoms with van der Waals surface area (Å²) in [4.78, 5) is 24.1. The van der Waals surface area contributed by atoms with E-state index in [1.165, 1.54) is 6.07 Å². The Kier molecular flexibility index (Phi) is 5.33. The van der Waals surface area contributed by atoms with Crippen LogP contribution in [0.2, 0.25) is 0 Å². The molecule has 0 saturated carbocycles. The highest BCUT2D eigenvalue weighted by molar-refractivity contribution is 5.76. The lowest BCUT2D eigenvalue weighted by Gasteiger charge is -2.18. The van der Waals surface area contributed by atoms with E-state index in [2.05, 4.69) is 10.5 Å². The second-order valence-corrected chi connectivity index (χ2v) is 6.52. The standard InChI is InChI=1S/C18H23N3O4/c1-12-8-15(25-20-12)9-14-10-24-11-16(14)19-17(22)6-7-21-13(2)4-3-5-18(21)23/h3-5,8,14,16H,6-7,9-11H2,1-2H3,(H,19,22)/t14-,16+/m0/s1. The molecule has 25 heavy (non-hydrogen) atoms. The number of ether oxygens (including phenoxy) is 1. The van der Waals surface area contributed by atoms with Crippen LogP contribution in [0.3, 0.4) is 0 Å². The molecule has 0 aliphatic carbocycles. The van der Waals surface area contributed by atoms with Gasteiger partial charge in [0.25, 0.3) is 5.56 Å². The first-order chi connectivity index (χ1) is 12.0. The Labute approximate surface area is 146 Å². The maximum Gasteiger partial charge on any atom is 0.250 e. The van der Waals surface area contributed by atoms with Crippen molar-refractivity contribution in [2.24, 2.45) is 5.92 Å². The Morgan fingerprint density at radius 2 is 2.20 bits per heavy atom. The largest absolute Gasteiger partial charge is 0.379 e. The lowest BCUT2D eigenvalue weighted by atomic mass is 9.98. The highest BCUT2D eigenvalue weighted by Crippen LogP contribution is 2.20. The number of aromatic nitrogens is 2. The van der Waals surface area contributed by atoms with Gasteiger partial charge in [0.2, 0.25) is 5.91 Å². The molecule has 0 aromatic carbocycles. The third-order valence-corrected chi connectivity index (χ3v) is 4.52. The maximum absolute atomic E-state index is 12.3. The van der Waals surface area contributed by atoms with Crippen LogP contribution in [-0.4, -0.2) is 34.9 Å². The van der Waals surface area contributed by atoms with Crippen LogP contribution in [0.25, 0.3) is 0 Å². The summed E-state index contributed by atoms with van der Waals surface area (Å²) in [5.41, 5.74) is 1.61. The molecule has 0 bridgehead atoms. The number of nitrogens with zero attached hydrogens (tertiary/aromatic N) is 2. The summed E-state index contributed by atoms with van der Waals surface area (Å²) in [5.74, 6) is 0.889. The van der Waals surface area contributed by atoms with E-state index >= 15 is 0 Å². The fraction of sp³-hybridized carbons (Fsp3) is 0.500. The average molecular weight is 345 g/mol. The van der Waals surface area contributed by atoms with E-state index in [1.54, 1.807) is 10.6 Å². The van der Waals surface area contributed by atoms with Crippen LogP contribution in [-0.2, 0) is 22.5 Å². The zero-order valence-electron chi connectivity index (χ0n) is 14.5. The molecule has 7 heteroatoms. The molecule has 2 atom stereocenters. The number of nitrogens with one attached hydrogen (secondary N) is 1. The van der Waals surface area contributed by atoms with Gasteiger partial charge in [-0.3, -0.25) is 9.59 Å². The molecule has 1 amide bonds. The SMILES string of the molecule is Cc1cc(C[C@H]2COC[C@H]2NC(=O)CCn2c(C)cccc2=O)on1. The van der Waals surface area contributed by atoms with Crippen LogP contribution in [0.1, 0.15) is 23.6 Å². The minimum atomic E-state index is -0.0874. The molecule has 3 heterocycles. The van der Waals surface area contributed by atoms with Crippen molar-refractivity contribution in [2.45, 2.75) is 39.3 Å². The molecule has 1 fully saturated rings. The Morgan fingerprint density at radius 3 is 2.92 bits per heavy atom. The van der Waals surface area contributed by atoms with Crippen molar-refractivity contribution in [1.29, 1.82) is 0 Å². The first kappa shape index (κ1) is 17.4. The zero-order valence-corrected chi connectivity index (χ0v) is 14.5. The van der Waals surface area contributed by atoms with Crippen molar-refractivity contribution in [3.05, 3.63) is 51.8 Å². The third-order valence-electron chi connectivity index (χ3n) is 4.52. The smallest absolute Gasteiger partial charge is 0.250 e. The Balaban J connectivity index is 1.54. The lowest BCUT2D eigenvalue weighted by Crippen LogP contribution is -2.41. The van der Waals surface area contributed by atoms with Crippen LogP contribution in [0.5, 0.6) is 0 Å². The molecule has 2 aromatic rings. The number of carbonyl (C=O) groups is 1. The molecule has 7 nitrogen and oxygen atoms in total. The molecule has 1 N–H and O–H groups in total. The van der Waals surface area contributed by atoms with E-state index < -0.39 is 0 Å². The predicted molar refractivity (Wildman–Crippen MR) is 91.2 cm³/mol. The summed E-state index contributed by atoms with van der Waals surface area (Å²) in [6, 6.07) is 6.94. The van der Waals surface area contributed by atoms with E-state index in [4.69, 9.17) is 9.26 Å². The Bertz CT molecular complexity index is 796. The third kappa shape index (κ3) is 4.36. The summed E-state index contributed by atoms with van der Waals surface area (Å²) in [6.45, 7) is 5.19. The van der Waals surface area contributed by atoms with Gasteiger partial charge in [-0.05, 0) is 19.9 Å². The monoisotopic (exact) mass is 345 g/mol. The highest BCUT2D eigenvalue weighted by Gasteiger charge is 2.30. The van der Waals surface area contributed by atoms with E-state index in [0.29, 0.717) is 26.2 Å². The second kappa shape index (κ2) is 7.65. The van der Waals surface area contributed by atoms with Crippen molar-refractivity contribution in [1.82, 2.24) is 15.0 Å². The molecule has 0 radical (unpaired) electrons. The summed E-state index contributed by atoms with van der Waals surface area (Å²) in [6.07, 6.45) is 0.943. The minimum absolute atomic E-state index is 0.0495. The summed E-state index contributed by atoms with van der Waals surface area (Å²) in [7, 11) is 0. The first-order valence-corrected chi connectivity index (χ1v) is 8.48. The predicted octanol–water partition coefficient (Wildman–Crippen LogP) is 1.22. The van der Waals surface area contributed by atoms with Crippen LogP contribution in [0.15, 0.2) is 33.6 Å². The lowest BCUT2D eigenvalue weighted by molar-refractivity contribution is -0.122. The molecule has 1 saturated heterocycles. The summed E-state index contributed by atoms with van der Waals surface area (Å²) < 4.78 is 12.4.